The van der Waals surface area contributed by atoms with Crippen molar-refractivity contribution in [1.82, 2.24) is 0 Å². The van der Waals surface area contributed by atoms with Gasteiger partial charge in [-0.2, -0.15) is 0 Å². The van der Waals surface area contributed by atoms with E-state index in [1.54, 1.807) is 0 Å². The molecule has 0 bridgehead atoms. The zero-order valence-electron chi connectivity index (χ0n) is 41.6. The van der Waals surface area contributed by atoms with Crippen molar-refractivity contribution in [3.8, 4) is 0 Å². The SMILES string of the molecule is CCCCCCCCCCCCCC(=O)O[C@@H](COC(=O)CCCCCCCCCCCC)COC(=O)CCCCCCCCCCCCCCCCCCCCC(C)CC. The average molecular weight is 863 g/mol. The van der Waals surface area contributed by atoms with E-state index in [0.29, 0.717) is 19.3 Å². The van der Waals surface area contributed by atoms with Crippen LogP contribution in [0.3, 0.4) is 0 Å². The summed E-state index contributed by atoms with van der Waals surface area (Å²) in [6.45, 7) is 9.07. The smallest absolute Gasteiger partial charge is 0.306 e. The molecule has 0 rings (SSSR count). The number of hydrogen-bond donors (Lipinski definition) is 0. The molecule has 0 heterocycles. The van der Waals surface area contributed by atoms with Crippen molar-refractivity contribution in [2.75, 3.05) is 13.2 Å². The molecule has 0 aliphatic carbocycles. The highest BCUT2D eigenvalue weighted by Crippen LogP contribution is 2.18. The summed E-state index contributed by atoms with van der Waals surface area (Å²) < 4.78 is 16.8. The molecule has 0 radical (unpaired) electrons. The summed E-state index contributed by atoms with van der Waals surface area (Å²) in [6.07, 6.45) is 52.3. The van der Waals surface area contributed by atoms with Crippen molar-refractivity contribution in [2.45, 2.75) is 316 Å². The highest BCUT2D eigenvalue weighted by Gasteiger charge is 2.19. The van der Waals surface area contributed by atoms with Gasteiger partial charge in [-0.25, -0.2) is 0 Å². The molecule has 0 aliphatic heterocycles. The molecule has 0 saturated heterocycles. The number of carbonyl (C=O) groups excluding carboxylic acids is 3. The van der Waals surface area contributed by atoms with Gasteiger partial charge in [-0.3, -0.25) is 14.4 Å². The third-order valence-electron chi connectivity index (χ3n) is 12.9. The van der Waals surface area contributed by atoms with E-state index in [4.69, 9.17) is 14.2 Å². The van der Waals surface area contributed by atoms with Gasteiger partial charge in [-0.05, 0) is 25.2 Å². The van der Waals surface area contributed by atoms with E-state index in [2.05, 4.69) is 27.7 Å². The first-order valence-corrected chi connectivity index (χ1v) is 27.4. The number of ether oxygens (including phenoxy) is 3. The van der Waals surface area contributed by atoms with Gasteiger partial charge >= 0.3 is 17.9 Å². The predicted molar refractivity (Wildman–Crippen MR) is 261 cm³/mol. The Labute approximate surface area is 380 Å². The minimum absolute atomic E-state index is 0.0624. The van der Waals surface area contributed by atoms with Gasteiger partial charge in [0.2, 0.25) is 0 Å². The van der Waals surface area contributed by atoms with Crippen molar-refractivity contribution in [3.63, 3.8) is 0 Å². The summed E-state index contributed by atoms with van der Waals surface area (Å²) >= 11 is 0. The van der Waals surface area contributed by atoms with Gasteiger partial charge in [-0.15, -0.1) is 0 Å². The Hall–Kier alpha value is -1.59. The molecule has 6 heteroatoms. The molecule has 1 unspecified atom stereocenters. The van der Waals surface area contributed by atoms with E-state index in [-0.39, 0.29) is 31.1 Å². The molecule has 0 aromatic heterocycles. The number of hydrogen-bond acceptors (Lipinski definition) is 6. The zero-order valence-corrected chi connectivity index (χ0v) is 41.6. The monoisotopic (exact) mass is 863 g/mol. The Kier molecular flexibility index (Phi) is 48.1. The topological polar surface area (TPSA) is 78.9 Å². The Morgan fingerprint density at radius 3 is 0.852 bits per heavy atom. The van der Waals surface area contributed by atoms with Crippen molar-refractivity contribution in [3.05, 3.63) is 0 Å². The van der Waals surface area contributed by atoms with Crippen LogP contribution in [0.4, 0.5) is 0 Å². The van der Waals surface area contributed by atoms with Gasteiger partial charge in [0.15, 0.2) is 6.10 Å². The molecule has 0 aliphatic rings. The molecule has 0 fully saturated rings. The Morgan fingerprint density at radius 1 is 0.328 bits per heavy atom. The van der Waals surface area contributed by atoms with Gasteiger partial charge in [0.25, 0.3) is 0 Å². The largest absolute Gasteiger partial charge is 0.462 e. The molecule has 0 saturated carbocycles. The highest BCUT2D eigenvalue weighted by atomic mass is 16.6. The quantitative estimate of drug-likeness (QED) is 0.0344. The fourth-order valence-corrected chi connectivity index (χ4v) is 8.36. The lowest BCUT2D eigenvalue weighted by atomic mass is 9.99. The normalized spacial score (nSPS) is 12.4. The summed E-state index contributed by atoms with van der Waals surface area (Å²) in [4.78, 5) is 37.9. The van der Waals surface area contributed by atoms with Gasteiger partial charge < -0.3 is 14.2 Å². The molecule has 0 aromatic rings. The van der Waals surface area contributed by atoms with Gasteiger partial charge in [0.1, 0.15) is 13.2 Å². The highest BCUT2D eigenvalue weighted by molar-refractivity contribution is 5.71. The Morgan fingerprint density at radius 2 is 0.574 bits per heavy atom. The molecule has 2 atom stereocenters. The fourth-order valence-electron chi connectivity index (χ4n) is 8.36. The lowest BCUT2D eigenvalue weighted by Gasteiger charge is -2.18. The number of rotatable bonds is 50. The summed E-state index contributed by atoms with van der Waals surface area (Å²) in [5.74, 6) is 0.0664. The summed E-state index contributed by atoms with van der Waals surface area (Å²) in [5.41, 5.74) is 0. The minimum atomic E-state index is -0.759. The maximum Gasteiger partial charge on any atom is 0.306 e. The molecule has 61 heavy (non-hydrogen) atoms. The third kappa shape index (κ3) is 47.7. The number of esters is 3. The lowest BCUT2D eigenvalue weighted by molar-refractivity contribution is -0.167. The van der Waals surface area contributed by atoms with E-state index in [1.807, 2.05) is 0 Å². The predicted octanol–water partition coefficient (Wildman–Crippen LogP) is 17.8. The average Bonchev–Trinajstić information content (AvgIpc) is 3.26. The molecule has 0 amide bonds. The molecule has 0 aromatic carbocycles. The number of unbranched alkanes of at least 4 members (excludes halogenated alkanes) is 36. The van der Waals surface area contributed by atoms with Crippen LogP contribution >= 0.6 is 0 Å². The van der Waals surface area contributed by atoms with Crippen molar-refractivity contribution < 1.29 is 28.6 Å². The summed E-state index contributed by atoms with van der Waals surface area (Å²) in [6, 6.07) is 0. The van der Waals surface area contributed by atoms with E-state index in [0.717, 1.165) is 63.7 Å². The minimum Gasteiger partial charge on any atom is -0.462 e. The Bertz CT molecular complexity index is 920. The molecular formula is C55H106O6. The van der Waals surface area contributed by atoms with E-state index < -0.39 is 6.10 Å². The second kappa shape index (κ2) is 49.4. The van der Waals surface area contributed by atoms with Crippen LogP contribution < -0.4 is 0 Å². The third-order valence-corrected chi connectivity index (χ3v) is 12.9. The van der Waals surface area contributed by atoms with E-state index in [1.165, 1.54) is 205 Å². The molecule has 6 nitrogen and oxygen atoms in total. The van der Waals surface area contributed by atoms with E-state index >= 15 is 0 Å². The fraction of sp³-hybridized carbons (Fsp3) is 0.945. The zero-order chi connectivity index (χ0) is 44.5. The second-order valence-electron chi connectivity index (χ2n) is 19.1. The van der Waals surface area contributed by atoms with Crippen molar-refractivity contribution in [1.29, 1.82) is 0 Å². The first-order valence-electron chi connectivity index (χ1n) is 27.4. The summed E-state index contributed by atoms with van der Waals surface area (Å²) in [7, 11) is 0. The summed E-state index contributed by atoms with van der Waals surface area (Å²) in [5, 5.41) is 0. The maximum atomic E-state index is 12.8. The van der Waals surface area contributed by atoms with Crippen LogP contribution in [0.1, 0.15) is 310 Å². The van der Waals surface area contributed by atoms with Crippen LogP contribution in [-0.2, 0) is 28.6 Å². The first kappa shape index (κ1) is 59.4. The van der Waals surface area contributed by atoms with Crippen LogP contribution in [0.25, 0.3) is 0 Å². The standard InChI is InChI=1S/C55H106O6/c1-5-8-10-12-14-16-26-32-36-40-44-48-55(58)61-52(49-59-53(56)46-42-38-34-30-17-15-13-11-9-6-2)50-60-54(57)47-43-39-35-31-28-25-23-21-19-18-20-22-24-27-29-33-37-41-45-51(4)7-3/h51-52H,5-50H2,1-4H3/t51?,52-/m0/s1. The van der Waals surface area contributed by atoms with Crippen LogP contribution in [0.15, 0.2) is 0 Å². The second-order valence-corrected chi connectivity index (χ2v) is 19.1. The molecular weight excluding hydrogens is 757 g/mol. The van der Waals surface area contributed by atoms with Crippen molar-refractivity contribution in [2.24, 2.45) is 5.92 Å². The van der Waals surface area contributed by atoms with Crippen LogP contribution in [0.2, 0.25) is 0 Å². The maximum absolute atomic E-state index is 12.8. The number of carbonyl (C=O) groups is 3. The van der Waals surface area contributed by atoms with Crippen LogP contribution in [0.5, 0.6) is 0 Å². The van der Waals surface area contributed by atoms with Crippen LogP contribution in [0, 0.1) is 5.92 Å². The molecule has 0 spiro atoms. The van der Waals surface area contributed by atoms with Gasteiger partial charge in [-0.1, -0.05) is 272 Å². The lowest BCUT2D eigenvalue weighted by Crippen LogP contribution is -2.30. The molecule has 362 valence electrons. The van der Waals surface area contributed by atoms with Crippen LogP contribution in [-0.4, -0.2) is 37.2 Å². The molecule has 0 N–H and O–H groups in total. The van der Waals surface area contributed by atoms with Gasteiger partial charge in [0, 0.05) is 19.3 Å². The van der Waals surface area contributed by atoms with Gasteiger partial charge in [0.05, 0.1) is 0 Å². The Balaban J connectivity index is 4.15. The first-order chi connectivity index (χ1) is 29.9. The van der Waals surface area contributed by atoms with E-state index in [9.17, 15) is 14.4 Å². The van der Waals surface area contributed by atoms with Crippen molar-refractivity contribution >= 4 is 17.9 Å².